The first-order valence-corrected chi connectivity index (χ1v) is 5.69. The molecule has 0 radical (unpaired) electrons. The topological polar surface area (TPSA) is 32.5 Å². The average Bonchev–Trinajstić information content (AvgIpc) is 2.23. The molecule has 0 aliphatic carbocycles. The highest BCUT2D eigenvalue weighted by molar-refractivity contribution is 4.82. The van der Waals surface area contributed by atoms with Crippen LogP contribution >= 0.6 is 0 Å². The molecule has 1 aliphatic heterocycles. The maximum Gasteiger partial charge on any atom is 0.0342 e. The van der Waals surface area contributed by atoms with Gasteiger partial charge in [0.25, 0.3) is 0 Å². The molecule has 0 saturated carbocycles. The van der Waals surface area contributed by atoms with Gasteiger partial charge in [-0.2, -0.15) is 0 Å². The fraction of sp³-hybridized carbons (Fsp3) is 1.00. The van der Waals surface area contributed by atoms with Crippen molar-refractivity contribution in [2.75, 3.05) is 33.2 Å². The molecule has 2 N–H and O–H groups in total. The Bertz CT molecular complexity index is 170. The third-order valence-corrected chi connectivity index (χ3v) is 3.22. The predicted molar refractivity (Wildman–Crippen MR) is 61.3 cm³/mol. The van der Waals surface area contributed by atoms with Crippen LogP contribution in [0.3, 0.4) is 0 Å². The van der Waals surface area contributed by atoms with E-state index in [2.05, 4.69) is 37.6 Å². The summed E-state index contributed by atoms with van der Waals surface area (Å²) in [6.07, 6.45) is 0. The van der Waals surface area contributed by atoms with Crippen LogP contribution in [0.5, 0.6) is 0 Å². The largest absolute Gasteiger partial charge is 0.329 e. The Hall–Kier alpha value is -0.120. The number of rotatable bonds is 2. The van der Waals surface area contributed by atoms with Gasteiger partial charge in [-0.1, -0.05) is 6.92 Å². The molecular weight excluding hydrogens is 174 g/mol. The van der Waals surface area contributed by atoms with Crippen molar-refractivity contribution < 1.29 is 0 Å². The van der Waals surface area contributed by atoms with E-state index < -0.39 is 0 Å². The quantitative estimate of drug-likeness (QED) is 0.707. The van der Waals surface area contributed by atoms with Crippen LogP contribution in [0, 0.1) is 5.92 Å². The van der Waals surface area contributed by atoms with Crippen LogP contribution in [-0.2, 0) is 0 Å². The van der Waals surface area contributed by atoms with Crippen LogP contribution in [0.4, 0.5) is 0 Å². The van der Waals surface area contributed by atoms with Gasteiger partial charge in [0, 0.05) is 38.3 Å². The second-order valence-electron chi connectivity index (χ2n) is 4.98. The summed E-state index contributed by atoms with van der Waals surface area (Å²) >= 11 is 0. The summed E-state index contributed by atoms with van der Waals surface area (Å²) in [7, 11) is 2.19. The first-order chi connectivity index (χ1) is 6.54. The van der Waals surface area contributed by atoms with Crippen LogP contribution in [0.2, 0.25) is 0 Å². The van der Waals surface area contributed by atoms with E-state index in [0.29, 0.717) is 12.1 Å². The average molecular weight is 199 g/mol. The molecule has 0 aromatic heterocycles. The Morgan fingerprint density at radius 1 is 1.29 bits per heavy atom. The summed E-state index contributed by atoms with van der Waals surface area (Å²) in [5.41, 5.74) is 5.80. The van der Waals surface area contributed by atoms with Gasteiger partial charge < -0.3 is 10.6 Å². The zero-order chi connectivity index (χ0) is 10.7. The normalized spacial score (nSPS) is 32.1. The Labute approximate surface area is 88.2 Å². The van der Waals surface area contributed by atoms with Gasteiger partial charge in [0.15, 0.2) is 0 Å². The molecule has 1 rings (SSSR count). The third kappa shape index (κ3) is 2.94. The van der Waals surface area contributed by atoms with Crippen LogP contribution in [0.25, 0.3) is 0 Å². The van der Waals surface area contributed by atoms with E-state index in [0.717, 1.165) is 19.0 Å². The van der Waals surface area contributed by atoms with E-state index >= 15 is 0 Å². The van der Waals surface area contributed by atoms with Crippen molar-refractivity contribution in [3.63, 3.8) is 0 Å². The zero-order valence-electron chi connectivity index (χ0n) is 10.0. The highest BCUT2D eigenvalue weighted by atomic mass is 15.2. The lowest BCUT2D eigenvalue weighted by molar-refractivity contribution is 0.182. The molecule has 1 aliphatic rings. The number of hydrogen-bond donors (Lipinski definition) is 1. The summed E-state index contributed by atoms with van der Waals surface area (Å²) in [4.78, 5) is 4.96. The monoisotopic (exact) mass is 199 g/mol. The van der Waals surface area contributed by atoms with Gasteiger partial charge in [-0.3, -0.25) is 4.90 Å². The molecule has 1 fully saturated rings. The van der Waals surface area contributed by atoms with Gasteiger partial charge in [0.2, 0.25) is 0 Å². The van der Waals surface area contributed by atoms with Gasteiger partial charge in [0.05, 0.1) is 0 Å². The Morgan fingerprint density at radius 3 is 2.43 bits per heavy atom. The van der Waals surface area contributed by atoms with E-state index in [1.165, 1.54) is 13.1 Å². The van der Waals surface area contributed by atoms with Gasteiger partial charge in [-0.25, -0.2) is 0 Å². The number of hydrogen-bond acceptors (Lipinski definition) is 3. The predicted octanol–water partition coefficient (Wildman–Crippen LogP) is 0.606. The van der Waals surface area contributed by atoms with Gasteiger partial charge >= 0.3 is 0 Å². The fourth-order valence-electron chi connectivity index (χ4n) is 2.26. The summed E-state index contributed by atoms with van der Waals surface area (Å²) in [6.45, 7) is 11.1. The first-order valence-electron chi connectivity index (χ1n) is 5.69. The lowest BCUT2D eigenvalue weighted by Gasteiger charge is -2.30. The highest BCUT2D eigenvalue weighted by Crippen LogP contribution is 2.14. The summed E-state index contributed by atoms with van der Waals surface area (Å²) in [5, 5.41) is 0. The van der Waals surface area contributed by atoms with E-state index in [1.807, 2.05) is 0 Å². The first kappa shape index (κ1) is 12.0. The molecular formula is C11H25N3. The molecule has 3 nitrogen and oxygen atoms in total. The van der Waals surface area contributed by atoms with Gasteiger partial charge in [-0.05, 0) is 26.8 Å². The highest BCUT2D eigenvalue weighted by Gasteiger charge is 2.25. The number of nitrogens with two attached hydrogens (primary N) is 1. The maximum absolute atomic E-state index is 5.80. The van der Waals surface area contributed by atoms with Crippen molar-refractivity contribution in [1.82, 2.24) is 9.80 Å². The molecule has 1 saturated heterocycles. The minimum atomic E-state index is 0.530. The second kappa shape index (κ2) is 5.10. The zero-order valence-corrected chi connectivity index (χ0v) is 10.0. The number of nitrogens with zero attached hydrogens (tertiary/aromatic N) is 2. The van der Waals surface area contributed by atoms with Crippen molar-refractivity contribution in [2.45, 2.75) is 32.9 Å². The van der Waals surface area contributed by atoms with Gasteiger partial charge in [-0.15, -0.1) is 0 Å². The van der Waals surface area contributed by atoms with E-state index in [-0.39, 0.29) is 0 Å². The molecule has 3 heteroatoms. The van der Waals surface area contributed by atoms with Crippen LogP contribution < -0.4 is 5.73 Å². The molecule has 2 atom stereocenters. The molecule has 0 spiro atoms. The van der Waals surface area contributed by atoms with Crippen LogP contribution in [-0.4, -0.2) is 55.1 Å². The van der Waals surface area contributed by atoms with Gasteiger partial charge in [0.1, 0.15) is 0 Å². The van der Waals surface area contributed by atoms with Crippen molar-refractivity contribution in [3.8, 4) is 0 Å². The van der Waals surface area contributed by atoms with E-state index in [4.69, 9.17) is 5.73 Å². The van der Waals surface area contributed by atoms with Crippen molar-refractivity contribution in [2.24, 2.45) is 11.7 Å². The number of likely N-dealkylation sites (N-methyl/N-ethyl adjacent to an activating group) is 1. The maximum atomic E-state index is 5.80. The Kier molecular flexibility index (Phi) is 4.35. The van der Waals surface area contributed by atoms with Crippen LogP contribution in [0.15, 0.2) is 0 Å². The second-order valence-corrected chi connectivity index (χ2v) is 4.98. The molecule has 0 bridgehead atoms. The van der Waals surface area contributed by atoms with Crippen molar-refractivity contribution >= 4 is 0 Å². The molecule has 0 aromatic carbocycles. The molecule has 0 aromatic rings. The third-order valence-electron chi connectivity index (χ3n) is 3.22. The molecule has 84 valence electrons. The Balaban J connectivity index is 2.64. The van der Waals surface area contributed by atoms with Crippen molar-refractivity contribution in [3.05, 3.63) is 0 Å². The standard InChI is InChI=1S/C11H25N3/c1-9(2)14-7-10(3)6-13(4)11(5-12)8-14/h9-11H,5-8,12H2,1-4H3. The van der Waals surface area contributed by atoms with Crippen LogP contribution in [0.1, 0.15) is 20.8 Å². The van der Waals surface area contributed by atoms with E-state index in [1.54, 1.807) is 0 Å². The fourth-order valence-corrected chi connectivity index (χ4v) is 2.26. The lowest BCUT2D eigenvalue weighted by atomic mass is 10.1. The summed E-state index contributed by atoms with van der Waals surface area (Å²) < 4.78 is 0. The SMILES string of the molecule is CC1CN(C)C(CN)CN(C(C)C)C1. The summed E-state index contributed by atoms with van der Waals surface area (Å²) in [5.74, 6) is 0.749. The molecule has 2 unspecified atom stereocenters. The minimum absolute atomic E-state index is 0.530. The smallest absolute Gasteiger partial charge is 0.0342 e. The summed E-state index contributed by atoms with van der Waals surface area (Å²) in [6, 6.07) is 1.17. The van der Waals surface area contributed by atoms with Crippen molar-refractivity contribution in [1.29, 1.82) is 0 Å². The Morgan fingerprint density at radius 2 is 1.93 bits per heavy atom. The lowest BCUT2D eigenvalue weighted by Crippen LogP contribution is -2.45. The molecule has 14 heavy (non-hydrogen) atoms. The molecule has 0 amide bonds. The van der Waals surface area contributed by atoms with E-state index in [9.17, 15) is 0 Å². The minimum Gasteiger partial charge on any atom is -0.329 e. The molecule has 1 heterocycles.